The van der Waals surface area contributed by atoms with Crippen LogP contribution in [0.1, 0.15) is 50.5 Å². The van der Waals surface area contributed by atoms with Crippen molar-refractivity contribution in [2.45, 2.75) is 62.0 Å². The molecule has 1 aliphatic heterocycles. The Morgan fingerprint density at radius 2 is 1.93 bits per heavy atom. The van der Waals surface area contributed by atoms with Crippen LogP contribution in [-0.2, 0) is 10.2 Å². The molecule has 27 heavy (non-hydrogen) atoms. The maximum absolute atomic E-state index is 13.0. The third kappa shape index (κ3) is 1.94. The number of nitrogens with zero attached hydrogens (tertiary/aromatic N) is 1. The highest BCUT2D eigenvalue weighted by molar-refractivity contribution is 5.80. The Labute approximate surface area is 161 Å². The van der Waals surface area contributed by atoms with Crippen LogP contribution in [0.5, 0.6) is 0 Å². The topological polar surface area (TPSA) is 52.6 Å². The summed E-state index contributed by atoms with van der Waals surface area (Å²) in [6.45, 7) is 2.18. The normalized spacial score (nSPS) is 45.1. The van der Waals surface area contributed by atoms with Gasteiger partial charge in [0.25, 0.3) is 0 Å². The van der Waals surface area contributed by atoms with Gasteiger partial charge in [-0.25, -0.2) is 0 Å². The number of fused-ring (bicyclic) bond motifs is 1. The minimum absolute atomic E-state index is 0.0566. The monoisotopic (exact) mass is 366 g/mol. The largest absolute Gasteiger partial charge is 0.393 e. The molecule has 4 aliphatic carbocycles. The number of carbonyl (C=O) groups excluding carboxylic acids is 1. The summed E-state index contributed by atoms with van der Waals surface area (Å²) in [6, 6.07) is 11.1. The molecule has 4 saturated carbocycles. The fraction of sp³-hybridized carbons (Fsp3) is 0.696. The van der Waals surface area contributed by atoms with Crippen LogP contribution in [0.2, 0.25) is 0 Å². The molecule has 1 amide bonds. The van der Waals surface area contributed by atoms with Gasteiger partial charge in [-0.2, -0.15) is 0 Å². The summed E-state index contributed by atoms with van der Waals surface area (Å²) < 4.78 is 0. The maximum Gasteiger partial charge on any atom is 0.234 e. The van der Waals surface area contributed by atoms with Crippen LogP contribution in [0.3, 0.4) is 0 Å². The lowest BCUT2D eigenvalue weighted by molar-refractivity contribution is -0.233. The molecule has 1 spiro atoms. The molecule has 4 nitrogen and oxygen atoms in total. The molecule has 5 atom stereocenters. The van der Waals surface area contributed by atoms with Crippen molar-refractivity contribution in [2.24, 2.45) is 17.3 Å². The predicted octanol–water partition coefficient (Wildman–Crippen LogP) is 2.46. The van der Waals surface area contributed by atoms with Crippen LogP contribution >= 0.6 is 0 Å². The fourth-order valence-corrected chi connectivity index (χ4v) is 8.40. The SMILES string of the molecule is O=C(CN1CCC(O)CC1)NC12CC3CC4CC(c5ccccc5)(C1)C42C3. The number of nitrogens with one attached hydrogen (secondary N) is 1. The number of piperidine rings is 1. The van der Waals surface area contributed by atoms with E-state index in [1.807, 2.05) is 0 Å². The van der Waals surface area contributed by atoms with Gasteiger partial charge in [0.05, 0.1) is 12.6 Å². The first-order valence-electron chi connectivity index (χ1n) is 10.8. The summed E-state index contributed by atoms with van der Waals surface area (Å²) in [7, 11) is 0. The molecule has 2 N–H and O–H groups in total. The van der Waals surface area contributed by atoms with Crippen molar-refractivity contribution in [2.75, 3.05) is 19.6 Å². The Balaban J connectivity index is 1.22. The Morgan fingerprint density at radius 1 is 1.15 bits per heavy atom. The molecule has 4 heteroatoms. The smallest absolute Gasteiger partial charge is 0.234 e. The van der Waals surface area contributed by atoms with E-state index in [2.05, 4.69) is 40.5 Å². The molecule has 144 valence electrons. The lowest BCUT2D eigenvalue weighted by Crippen LogP contribution is -2.84. The van der Waals surface area contributed by atoms with E-state index < -0.39 is 0 Å². The first-order chi connectivity index (χ1) is 13.1. The van der Waals surface area contributed by atoms with Gasteiger partial charge >= 0.3 is 0 Å². The quantitative estimate of drug-likeness (QED) is 0.861. The van der Waals surface area contributed by atoms with E-state index in [9.17, 15) is 9.90 Å². The average molecular weight is 367 g/mol. The van der Waals surface area contributed by atoms with Gasteiger partial charge in [0.15, 0.2) is 0 Å². The van der Waals surface area contributed by atoms with Gasteiger partial charge in [-0.15, -0.1) is 0 Å². The van der Waals surface area contributed by atoms with E-state index in [0.29, 0.717) is 17.4 Å². The highest BCUT2D eigenvalue weighted by Crippen LogP contribution is 2.88. The van der Waals surface area contributed by atoms with Gasteiger partial charge in [-0.05, 0) is 62.3 Å². The molecule has 0 aromatic heterocycles. The van der Waals surface area contributed by atoms with Crippen molar-refractivity contribution in [3.63, 3.8) is 0 Å². The number of carbonyl (C=O) groups is 1. The number of aliphatic hydroxyl groups excluding tert-OH is 1. The number of hydrogen-bond acceptors (Lipinski definition) is 3. The summed E-state index contributed by atoms with van der Waals surface area (Å²) in [5.41, 5.74) is 2.23. The second-order valence-corrected chi connectivity index (χ2v) is 10.1. The third-order valence-electron chi connectivity index (χ3n) is 9.10. The first-order valence-corrected chi connectivity index (χ1v) is 10.8. The summed E-state index contributed by atoms with van der Waals surface area (Å²) in [5, 5.41) is 13.3. The van der Waals surface area contributed by atoms with Crippen molar-refractivity contribution in [1.82, 2.24) is 10.2 Å². The summed E-state index contributed by atoms with van der Waals surface area (Å²) >= 11 is 0. The van der Waals surface area contributed by atoms with Crippen LogP contribution in [-0.4, -0.2) is 47.2 Å². The van der Waals surface area contributed by atoms with Crippen molar-refractivity contribution >= 4 is 5.91 Å². The number of amides is 1. The Kier molecular flexibility index (Phi) is 3.28. The number of likely N-dealkylation sites (tertiary alicyclic amines) is 1. The highest BCUT2D eigenvalue weighted by atomic mass is 16.3. The lowest BCUT2D eigenvalue weighted by Gasteiger charge is -2.80. The third-order valence-corrected chi connectivity index (χ3v) is 9.10. The van der Waals surface area contributed by atoms with Crippen molar-refractivity contribution in [1.29, 1.82) is 0 Å². The maximum atomic E-state index is 13.0. The molecule has 2 bridgehead atoms. The molecule has 1 aromatic rings. The molecular formula is C23H30N2O2. The minimum Gasteiger partial charge on any atom is -0.393 e. The predicted molar refractivity (Wildman–Crippen MR) is 103 cm³/mol. The summed E-state index contributed by atoms with van der Waals surface area (Å²) in [4.78, 5) is 15.2. The van der Waals surface area contributed by atoms with Crippen LogP contribution in [0.25, 0.3) is 0 Å². The van der Waals surface area contributed by atoms with E-state index in [0.717, 1.165) is 44.2 Å². The van der Waals surface area contributed by atoms with Gasteiger partial charge in [0.1, 0.15) is 0 Å². The molecule has 5 unspecified atom stereocenters. The van der Waals surface area contributed by atoms with Crippen molar-refractivity contribution in [3.05, 3.63) is 35.9 Å². The standard InChI is InChI=1S/C23H30N2O2/c26-19-6-8-25(9-7-19)14-20(27)24-22-11-16-10-18-13-21(15-22,23(18,22)12-16)17-4-2-1-3-5-17/h1-5,16,18-19,26H,6-15H2,(H,24,27). The van der Waals surface area contributed by atoms with Gasteiger partial charge in [0, 0.05) is 29.5 Å². The zero-order valence-corrected chi connectivity index (χ0v) is 16.0. The average Bonchev–Trinajstić information content (AvgIpc) is 3.13. The summed E-state index contributed by atoms with van der Waals surface area (Å²) in [6.07, 6.45) is 7.78. The minimum atomic E-state index is -0.179. The molecule has 5 fully saturated rings. The van der Waals surface area contributed by atoms with Gasteiger partial charge in [0.2, 0.25) is 5.91 Å². The van der Waals surface area contributed by atoms with Crippen LogP contribution in [0.4, 0.5) is 0 Å². The van der Waals surface area contributed by atoms with Crippen molar-refractivity contribution < 1.29 is 9.90 Å². The van der Waals surface area contributed by atoms with E-state index >= 15 is 0 Å². The molecule has 6 rings (SSSR count). The molecule has 1 aromatic carbocycles. The Bertz CT molecular complexity index is 774. The zero-order chi connectivity index (χ0) is 18.3. The number of rotatable bonds is 4. The molecular weight excluding hydrogens is 336 g/mol. The number of aliphatic hydroxyl groups is 1. The van der Waals surface area contributed by atoms with E-state index in [1.165, 1.54) is 31.2 Å². The van der Waals surface area contributed by atoms with E-state index in [-0.39, 0.29) is 17.6 Å². The highest BCUT2D eigenvalue weighted by Gasteiger charge is 2.87. The van der Waals surface area contributed by atoms with Gasteiger partial charge in [-0.1, -0.05) is 30.3 Å². The Hall–Kier alpha value is -1.39. The van der Waals surface area contributed by atoms with Crippen LogP contribution in [0.15, 0.2) is 30.3 Å². The first kappa shape index (κ1) is 16.6. The van der Waals surface area contributed by atoms with Crippen LogP contribution in [0, 0.1) is 17.3 Å². The van der Waals surface area contributed by atoms with Crippen LogP contribution < -0.4 is 5.32 Å². The Morgan fingerprint density at radius 3 is 2.67 bits per heavy atom. The van der Waals surface area contributed by atoms with Gasteiger partial charge in [-0.3, -0.25) is 9.69 Å². The van der Waals surface area contributed by atoms with E-state index in [4.69, 9.17) is 0 Å². The number of hydrogen-bond donors (Lipinski definition) is 2. The molecule has 0 radical (unpaired) electrons. The van der Waals surface area contributed by atoms with Crippen molar-refractivity contribution in [3.8, 4) is 0 Å². The zero-order valence-electron chi connectivity index (χ0n) is 16.0. The lowest BCUT2D eigenvalue weighted by atomic mass is 9.26. The second kappa shape index (κ2) is 5.36. The summed E-state index contributed by atoms with van der Waals surface area (Å²) in [5.74, 6) is 1.84. The van der Waals surface area contributed by atoms with E-state index in [1.54, 1.807) is 0 Å². The number of benzene rings is 1. The molecule has 1 saturated heterocycles. The molecule has 1 heterocycles. The van der Waals surface area contributed by atoms with Gasteiger partial charge < -0.3 is 10.4 Å². The fourth-order valence-electron chi connectivity index (χ4n) is 8.40. The second-order valence-electron chi connectivity index (χ2n) is 10.1. The molecule has 5 aliphatic rings.